The van der Waals surface area contributed by atoms with Crippen LogP contribution < -0.4 is 0 Å². The Labute approximate surface area is 184 Å². The lowest BCUT2D eigenvalue weighted by Gasteiger charge is -2.39. The summed E-state index contributed by atoms with van der Waals surface area (Å²) in [4.78, 5) is 0. The molecular formula is C17H22F13I. The molecule has 0 nitrogen and oxygen atoms in total. The predicted molar refractivity (Wildman–Crippen MR) is 95.8 cm³/mol. The number of alkyl halides is 14. The largest absolute Gasteiger partial charge is 0.460 e. The second kappa shape index (κ2) is 11.3. The number of hydrogen-bond donors (Lipinski definition) is 0. The maximum atomic E-state index is 13.6. The Hall–Kier alpha value is -0.180. The van der Waals surface area contributed by atoms with Gasteiger partial charge in [0.05, 0.1) is 0 Å². The molecule has 14 heteroatoms. The van der Waals surface area contributed by atoms with Crippen molar-refractivity contribution in [3.63, 3.8) is 0 Å². The molecule has 0 aromatic heterocycles. The van der Waals surface area contributed by atoms with E-state index in [0.717, 1.165) is 30.1 Å². The van der Waals surface area contributed by atoms with E-state index in [0.29, 0.717) is 12.8 Å². The van der Waals surface area contributed by atoms with Crippen molar-refractivity contribution < 1.29 is 57.1 Å². The topological polar surface area (TPSA) is 0 Å². The molecule has 0 aliphatic rings. The zero-order valence-electron chi connectivity index (χ0n) is 16.1. The molecule has 31 heavy (non-hydrogen) atoms. The molecule has 0 radical (unpaired) electrons. The maximum Gasteiger partial charge on any atom is 0.460 e. The Morgan fingerprint density at radius 1 is 0.387 bits per heavy atom. The van der Waals surface area contributed by atoms with Gasteiger partial charge in [-0.2, -0.15) is 57.1 Å². The third-order valence-corrected chi connectivity index (χ3v) is 5.39. The Morgan fingerprint density at radius 2 is 0.710 bits per heavy atom. The quantitative estimate of drug-likeness (QED) is 0.0762. The van der Waals surface area contributed by atoms with E-state index in [1.807, 2.05) is 0 Å². The summed E-state index contributed by atoms with van der Waals surface area (Å²) in [7, 11) is 0. The number of rotatable bonds is 15. The molecule has 0 spiro atoms. The van der Waals surface area contributed by atoms with Gasteiger partial charge in [-0.15, -0.1) is 0 Å². The van der Waals surface area contributed by atoms with Gasteiger partial charge in [-0.25, -0.2) is 0 Å². The van der Waals surface area contributed by atoms with E-state index in [2.05, 4.69) is 22.6 Å². The lowest BCUT2D eigenvalue weighted by molar-refractivity contribution is -0.440. The average Bonchev–Trinajstić information content (AvgIpc) is 2.61. The lowest BCUT2D eigenvalue weighted by atomic mass is 9.91. The first-order valence-corrected chi connectivity index (χ1v) is 10.9. The standard InChI is InChI=1S/C17H22F13I/c18-12(19,10-8-6-4-2-1-3-5-7-9-11-31)13(20,21)14(22,23)15(24,25)16(26,27)17(28,29)30/h1-11H2. The molecule has 0 aliphatic heterocycles. The molecule has 0 aromatic rings. The molecule has 0 N–H and O–H groups in total. The van der Waals surface area contributed by atoms with Gasteiger partial charge in [0.1, 0.15) is 0 Å². The molecule has 0 aliphatic carbocycles. The fraction of sp³-hybridized carbons (Fsp3) is 1.00. The summed E-state index contributed by atoms with van der Waals surface area (Å²) in [6.45, 7) is 0. The van der Waals surface area contributed by atoms with Crippen LogP contribution in [0.25, 0.3) is 0 Å². The highest BCUT2D eigenvalue weighted by Crippen LogP contribution is 2.60. The van der Waals surface area contributed by atoms with E-state index < -0.39 is 48.6 Å². The third-order valence-electron chi connectivity index (χ3n) is 4.62. The van der Waals surface area contributed by atoms with Gasteiger partial charge >= 0.3 is 35.8 Å². The highest BCUT2D eigenvalue weighted by molar-refractivity contribution is 14.1. The van der Waals surface area contributed by atoms with Crippen LogP contribution in [0, 0.1) is 0 Å². The molecule has 0 bridgehead atoms. The van der Waals surface area contributed by atoms with Gasteiger partial charge in [-0.05, 0) is 17.3 Å². The van der Waals surface area contributed by atoms with Crippen molar-refractivity contribution in [1.29, 1.82) is 0 Å². The Morgan fingerprint density at radius 3 is 1.06 bits per heavy atom. The predicted octanol–water partition coefficient (Wildman–Crippen LogP) is 9.06. The van der Waals surface area contributed by atoms with Crippen LogP contribution in [0.4, 0.5) is 57.1 Å². The number of unbranched alkanes of at least 4 members (excludes halogenated alkanes) is 8. The van der Waals surface area contributed by atoms with Gasteiger partial charge in [0.15, 0.2) is 0 Å². The van der Waals surface area contributed by atoms with Crippen molar-refractivity contribution in [2.45, 2.75) is 100.0 Å². The molecule has 0 heterocycles. The van der Waals surface area contributed by atoms with Crippen LogP contribution >= 0.6 is 22.6 Å². The Balaban J connectivity index is 4.95. The monoisotopic (exact) mass is 600 g/mol. The second-order valence-corrected chi connectivity index (χ2v) is 8.20. The van der Waals surface area contributed by atoms with Crippen molar-refractivity contribution >= 4 is 22.6 Å². The molecule has 0 amide bonds. The van der Waals surface area contributed by atoms with Gasteiger partial charge in [0.25, 0.3) is 0 Å². The molecule has 0 atom stereocenters. The SMILES string of the molecule is FC(F)(F)C(F)(F)C(F)(F)C(F)(F)C(F)(F)C(F)(F)CCCCCCCCCCCI. The van der Waals surface area contributed by atoms with E-state index in [-0.39, 0.29) is 12.8 Å². The van der Waals surface area contributed by atoms with E-state index in [1.54, 1.807) is 0 Å². The zero-order valence-corrected chi connectivity index (χ0v) is 18.2. The highest BCUT2D eigenvalue weighted by atomic mass is 127. The van der Waals surface area contributed by atoms with Crippen molar-refractivity contribution in [2.24, 2.45) is 0 Å². The smallest absolute Gasteiger partial charge is 0.200 e. The highest BCUT2D eigenvalue weighted by Gasteiger charge is 2.90. The van der Waals surface area contributed by atoms with Crippen molar-refractivity contribution in [2.75, 3.05) is 4.43 Å². The van der Waals surface area contributed by atoms with E-state index in [9.17, 15) is 57.1 Å². The summed E-state index contributed by atoms with van der Waals surface area (Å²) in [6, 6.07) is 0. The molecule has 0 fully saturated rings. The fourth-order valence-electron chi connectivity index (χ4n) is 2.64. The van der Waals surface area contributed by atoms with Crippen molar-refractivity contribution in [1.82, 2.24) is 0 Å². The van der Waals surface area contributed by atoms with Crippen molar-refractivity contribution in [3.8, 4) is 0 Å². The molecule has 0 unspecified atom stereocenters. The zero-order chi connectivity index (χ0) is 24.8. The van der Waals surface area contributed by atoms with Crippen LogP contribution in [0.15, 0.2) is 0 Å². The summed E-state index contributed by atoms with van der Waals surface area (Å²) in [5, 5.41) is 0. The van der Waals surface area contributed by atoms with Crippen LogP contribution in [0.5, 0.6) is 0 Å². The van der Waals surface area contributed by atoms with Crippen LogP contribution in [-0.4, -0.2) is 40.2 Å². The first-order valence-electron chi connectivity index (χ1n) is 9.33. The summed E-state index contributed by atoms with van der Waals surface area (Å²) >= 11 is 2.21. The van der Waals surface area contributed by atoms with Gasteiger partial charge in [-0.3, -0.25) is 0 Å². The van der Waals surface area contributed by atoms with Crippen LogP contribution in [-0.2, 0) is 0 Å². The van der Waals surface area contributed by atoms with E-state index in [4.69, 9.17) is 0 Å². The van der Waals surface area contributed by atoms with Crippen LogP contribution in [0.1, 0.15) is 64.2 Å². The van der Waals surface area contributed by atoms with E-state index in [1.165, 1.54) is 0 Å². The van der Waals surface area contributed by atoms with Crippen molar-refractivity contribution in [3.05, 3.63) is 0 Å². The summed E-state index contributed by atoms with van der Waals surface area (Å²) < 4.78 is 169. The van der Waals surface area contributed by atoms with Crippen LogP contribution in [0.3, 0.4) is 0 Å². The normalized spacial score (nSPS) is 14.9. The third kappa shape index (κ3) is 6.90. The Bertz CT molecular complexity index is 529. The lowest BCUT2D eigenvalue weighted by Crippen LogP contribution is -2.70. The van der Waals surface area contributed by atoms with Gasteiger partial charge in [-0.1, -0.05) is 67.5 Å². The molecule has 0 aromatic carbocycles. The molecule has 0 saturated heterocycles. The molecular weight excluding hydrogens is 578 g/mol. The average molecular weight is 600 g/mol. The first-order chi connectivity index (χ1) is 13.8. The summed E-state index contributed by atoms with van der Waals surface area (Å²) in [5.74, 6) is -36.3. The van der Waals surface area contributed by atoms with E-state index >= 15 is 0 Å². The van der Waals surface area contributed by atoms with Gasteiger partial charge < -0.3 is 0 Å². The Kier molecular flexibility index (Phi) is 11.2. The number of halogens is 14. The molecule has 188 valence electrons. The fourth-order valence-corrected chi connectivity index (χ4v) is 3.18. The first kappa shape index (κ1) is 30.8. The number of hydrogen-bond acceptors (Lipinski definition) is 0. The maximum absolute atomic E-state index is 13.6. The minimum absolute atomic E-state index is 0.167. The molecule has 0 rings (SSSR count). The summed E-state index contributed by atoms with van der Waals surface area (Å²) in [6.07, 6.45) is -5.22. The second-order valence-electron chi connectivity index (χ2n) is 7.12. The summed E-state index contributed by atoms with van der Waals surface area (Å²) in [5.41, 5.74) is 0. The van der Waals surface area contributed by atoms with Gasteiger partial charge in [0, 0.05) is 6.42 Å². The minimum atomic E-state index is -7.82. The molecule has 0 saturated carbocycles. The van der Waals surface area contributed by atoms with Crippen LogP contribution in [0.2, 0.25) is 0 Å². The minimum Gasteiger partial charge on any atom is -0.200 e. The van der Waals surface area contributed by atoms with Gasteiger partial charge in [0.2, 0.25) is 0 Å².